The third kappa shape index (κ3) is 11.2. The molecule has 3 aromatic rings. The van der Waals surface area contributed by atoms with Crippen LogP contribution in [0, 0.1) is 0 Å². The summed E-state index contributed by atoms with van der Waals surface area (Å²) < 4.78 is 47.3. The molecule has 0 spiro atoms. The highest BCUT2D eigenvalue weighted by Gasteiger charge is 2.26. The van der Waals surface area contributed by atoms with Crippen LogP contribution < -0.4 is 20.9 Å². The number of halogens is 3. The van der Waals surface area contributed by atoms with Crippen molar-refractivity contribution in [1.82, 2.24) is 0 Å². The van der Waals surface area contributed by atoms with Crippen LogP contribution in [0.1, 0.15) is 66.4 Å². The Kier molecular flexibility index (Phi) is 11.8. The van der Waals surface area contributed by atoms with Crippen LogP contribution in [0.3, 0.4) is 0 Å². The van der Waals surface area contributed by atoms with Crippen molar-refractivity contribution >= 4 is 29.4 Å². The highest BCUT2D eigenvalue weighted by molar-refractivity contribution is 5.92. The Morgan fingerprint density at radius 3 is 2.14 bits per heavy atom. The van der Waals surface area contributed by atoms with Gasteiger partial charge in [0.2, 0.25) is 0 Å². The van der Waals surface area contributed by atoms with Crippen LogP contribution in [-0.4, -0.2) is 29.8 Å². The monoisotopic (exact) mass is 584 g/mol. The van der Waals surface area contributed by atoms with Crippen LogP contribution in [0.2, 0.25) is 0 Å². The fraction of sp³-hybridized carbons (Fsp3) is 0.312. The number of benzene rings is 3. The zero-order chi connectivity index (χ0) is 30.5. The topological polar surface area (TPSA) is 125 Å². The number of hydrogen-bond acceptors (Lipinski definition) is 6. The van der Waals surface area contributed by atoms with Gasteiger partial charge in [0.1, 0.15) is 11.5 Å². The third-order valence-electron chi connectivity index (χ3n) is 6.48. The predicted molar refractivity (Wildman–Crippen MR) is 156 cm³/mol. The molecular weight excluding hydrogens is 549 g/mol. The van der Waals surface area contributed by atoms with Gasteiger partial charge in [0, 0.05) is 23.4 Å². The molecule has 0 aromatic heterocycles. The maximum Gasteiger partial charge on any atom is 0.389 e. The van der Waals surface area contributed by atoms with Crippen LogP contribution in [0.15, 0.2) is 72.3 Å². The summed E-state index contributed by atoms with van der Waals surface area (Å²) in [6.07, 6.45) is 1.11. The average Bonchev–Trinajstić information content (AvgIpc) is 2.94. The van der Waals surface area contributed by atoms with Crippen LogP contribution in [0.4, 0.5) is 24.5 Å². The smallest absolute Gasteiger partial charge is 0.389 e. The number of nitrogens with two attached hydrogens (primary N) is 2. The van der Waals surface area contributed by atoms with Gasteiger partial charge in [0.25, 0.3) is 0 Å². The first-order valence-corrected chi connectivity index (χ1v) is 13.7. The van der Waals surface area contributed by atoms with Gasteiger partial charge in [-0.3, -0.25) is 0 Å². The Morgan fingerprint density at radius 1 is 0.833 bits per heavy atom. The molecule has 3 rings (SSSR count). The fourth-order valence-electron chi connectivity index (χ4n) is 4.22. The van der Waals surface area contributed by atoms with E-state index in [1.165, 1.54) is 24.3 Å². The molecule has 0 fully saturated rings. The molecular formula is C32H35F3N2O5. The summed E-state index contributed by atoms with van der Waals surface area (Å²) in [5.74, 6) is -0.967. The van der Waals surface area contributed by atoms with E-state index in [0.717, 1.165) is 37.7 Å². The molecule has 0 amide bonds. The van der Waals surface area contributed by atoms with E-state index in [1.54, 1.807) is 36.4 Å². The van der Waals surface area contributed by atoms with Gasteiger partial charge in [-0.05, 0) is 97.8 Å². The van der Waals surface area contributed by atoms with Crippen molar-refractivity contribution in [1.29, 1.82) is 0 Å². The average molecular weight is 585 g/mol. The number of carboxylic acid groups (broad SMARTS) is 1. The summed E-state index contributed by atoms with van der Waals surface area (Å²) in [6.45, 7) is -0.0884. The molecule has 3 aromatic carbocycles. The first-order chi connectivity index (χ1) is 20.0. The predicted octanol–water partition coefficient (Wildman–Crippen LogP) is 7.45. The first-order valence-electron chi connectivity index (χ1n) is 13.7. The van der Waals surface area contributed by atoms with Crippen LogP contribution in [-0.2, 0) is 11.2 Å². The minimum atomic E-state index is -4.22. The molecule has 0 aliphatic carbocycles. The van der Waals surface area contributed by atoms with Crippen LogP contribution in [0.25, 0.3) is 6.08 Å². The van der Waals surface area contributed by atoms with E-state index in [2.05, 4.69) is 0 Å². The highest BCUT2D eigenvalue weighted by Crippen LogP contribution is 2.23. The number of carbonyl (C=O) groups is 2. The van der Waals surface area contributed by atoms with Crippen molar-refractivity contribution in [3.63, 3.8) is 0 Å². The van der Waals surface area contributed by atoms with Gasteiger partial charge in [-0.2, -0.15) is 13.2 Å². The molecule has 10 heteroatoms. The Labute approximate surface area is 242 Å². The Morgan fingerprint density at radius 2 is 1.50 bits per heavy atom. The van der Waals surface area contributed by atoms with Gasteiger partial charge in [-0.25, -0.2) is 9.59 Å². The molecule has 0 saturated heterocycles. The van der Waals surface area contributed by atoms with Crippen molar-refractivity contribution in [2.24, 2.45) is 0 Å². The second-order valence-electron chi connectivity index (χ2n) is 9.90. The summed E-state index contributed by atoms with van der Waals surface area (Å²) >= 11 is 0. The number of carbonyl (C=O) groups excluding carboxylic acids is 1. The zero-order valence-corrected chi connectivity index (χ0v) is 23.2. The minimum Gasteiger partial charge on any atom is -0.494 e. The summed E-state index contributed by atoms with van der Waals surface area (Å²) in [4.78, 5) is 24.2. The number of carboxylic acids is 1. The summed E-state index contributed by atoms with van der Waals surface area (Å²) in [5, 5.41) is 9.63. The van der Waals surface area contributed by atoms with Gasteiger partial charge in [-0.15, -0.1) is 0 Å². The van der Waals surface area contributed by atoms with Gasteiger partial charge in [0.05, 0.1) is 12.2 Å². The Balaban J connectivity index is 1.43. The van der Waals surface area contributed by atoms with Crippen molar-refractivity contribution in [3.8, 4) is 11.5 Å². The lowest BCUT2D eigenvalue weighted by molar-refractivity contribution is -0.136. The lowest BCUT2D eigenvalue weighted by Gasteiger charge is -2.09. The Bertz CT molecular complexity index is 1350. The fourth-order valence-corrected chi connectivity index (χ4v) is 4.22. The van der Waals surface area contributed by atoms with Crippen molar-refractivity contribution in [2.45, 2.75) is 57.5 Å². The van der Waals surface area contributed by atoms with Gasteiger partial charge in [-0.1, -0.05) is 31.0 Å². The molecule has 5 N–H and O–H groups in total. The summed E-state index contributed by atoms with van der Waals surface area (Å²) in [5.41, 5.74) is 15.3. The van der Waals surface area contributed by atoms with E-state index >= 15 is 0 Å². The van der Waals surface area contributed by atoms with Crippen molar-refractivity contribution in [2.75, 3.05) is 18.1 Å². The minimum absolute atomic E-state index is 0.0884. The number of aliphatic carboxylic acids is 1. The number of hydrogen-bond donors (Lipinski definition) is 3. The largest absolute Gasteiger partial charge is 0.494 e. The third-order valence-corrected chi connectivity index (χ3v) is 6.48. The second-order valence-corrected chi connectivity index (χ2v) is 9.90. The normalized spacial score (nSPS) is 11.7. The SMILES string of the molecule is Nc1ccc(CCCCCC/C(=C\c2ccc(OC(=O)c3ccc(OCCCC(F)(F)F)cc3)cc2)C(=O)O)c(N)c1. The van der Waals surface area contributed by atoms with Crippen molar-refractivity contribution in [3.05, 3.63) is 89.0 Å². The number of nitrogen functional groups attached to an aromatic ring is 2. The van der Waals surface area contributed by atoms with E-state index in [0.29, 0.717) is 34.7 Å². The molecule has 0 unspecified atom stereocenters. The maximum atomic E-state index is 12.5. The Hall–Kier alpha value is -4.47. The number of aryl methyl sites for hydroxylation is 1. The van der Waals surface area contributed by atoms with E-state index in [9.17, 15) is 27.9 Å². The number of ether oxygens (including phenoxy) is 2. The molecule has 0 atom stereocenters. The molecule has 7 nitrogen and oxygen atoms in total. The van der Waals surface area contributed by atoms with Crippen LogP contribution in [0.5, 0.6) is 11.5 Å². The van der Waals surface area contributed by atoms with Crippen LogP contribution >= 0.6 is 0 Å². The van der Waals surface area contributed by atoms with Crippen molar-refractivity contribution < 1.29 is 37.3 Å². The van der Waals surface area contributed by atoms with Gasteiger partial charge in [0.15, 0.2) is 0 Å². The van der Waals surface area contributed by atoms with Gasteiger partial charge >= 0.3 is 18.1 Å². The molecule has 0 bridgehead atoms. The molecule has 42 heavy (non-hydrogen) atoms. The zero-order valence-electron chi connectivity index (χ0n) is 23.2. The number of unbranched alkanes of at least 4 members (excludes halogenated alkanes) is 3. The number of alkyl halides is 3. The van der Waals surface area contributed by atoms with E-state index in [-0.39, 0.29) is 24.3 Å². The lowest BCUT2D eigenvalue weighted by Crippen LogP contribution is -2.10. The maximum absolute atomic E-state index is 12.5. The van der Waals surface area contributed by atoms with E-state index in [4.69, 9.17) is 20.9 Å². The number of anilines is 2. The molecule has 0 heterocycles. The number of esters is 1. The quantitative estimate of drug-likeness (QED) is 0.0557. The molecule has 0 aliphatic heterocycles. The summed E-state index contributed by atoms with van der Waals surface area (Å²) in [6, 6.07) is 17.9. The van der Waals surface area contributed by atoms with E-state index in [1.807, 2.05) is 12.1 Å². The molecule has 224 valence electrons. The number of rotatable bonds is 15. The lowest BCUT2D eigenvalue weighted by atomic mass is 10.0. The van der Waals surface area contributed by atoms with Gasteiger partial charge < -0.3 is 26.0 Å². The molecule has 0 aliphatic rings. The van der Waals surface area contributed by atoms with E-state index < -0.39 is 24.5 Å². The molecule has 0 radical (unpaired) electrons. The standard InChI is InChI=1S/C32H35F3N2O5/c33-32(34,35)18-5-19-41-27-16-11-24(12-17-27)31(40)42-28-14-8-22(9-15-28)20-25(30(38)39)7-4-2-1-3-6-23-10-13-26(36)21-29(23)37/h8-17,20-21H,1-7,18-19,36-37H2,(H,38,39)/b25-20+. The second kappa shape index (κ2) is 15.5. The first kappa shape index (κ1) is 32.0. The summed E-state index contributed by atoms with van der Waals surface area (Å²) in [7, 11) is 0. The molecule has 0 saturated carbocycles. The highest BCUT2D eigenvalue weighted by atomic mass is 19.4.